The SMILES string of the molecule is Cc1nc2cc(NC(=O)Cc3csc(NC(=O)/C=C/c4ccccc4)n3)ccc2s1. The molecule has 6 nitrogen and oxygen atoms in total. The van der Waals surface area contributed by atoms with E-state index in [1.165, 1.54) is 17.4 Å². The monoisotopic (exact) mass is 434 g/mol. The number of aromatic nitrogens is 2. The van der Waals surface area contributed by atoms with Crippen molar-refractivity contribution in [3.05, 3.63) is 76.3 Å². The Balaban J connectivity index is 1.32. The maximum atomic E-state index is 12.4. The van der Waals surface area contributed by atoms with Crippen LogP contribution >= 0.6 is 22.7 Å². The van der Waals surface area contributed by atoms with Crippen molar-refractivity contribution in [2.75, 3.05) is 10.6 Å². The van der Waals surface area contributed by atoms with Crippen molar-refractivity contribution >= 4 is 61.6 Å². The molecule has 0 aliphatic rings. The number of fused-ring (bicyclic) bond motifs is 1. The summed E-state index contributed by atoms with van der Waals surface area (Å²) in [6.45, 7) is 1.96. The van der Waals surface area contributed by atoms with E-state index in [-0.39, 0.29) is 18.2 Å². The Kier molecular flexibility index (Phi) is 5.97. The molecule has 0 aliphatic carbocycles. The minimum Gasteiger partial charge on any atom is -0.326 e. The van der Waals surface area contributed by atoms with Gasteiger partial charge in [-0.25, -0.2) is 9.97 Å². The molecule has 2 amide bonds. The summed E-state index contributed by atoms with van der Waals surface area (Å²) >= 11 is 2.91. The molecule has 4 aromatic rings. The van der Waals surface area contributed by atoms with Crippen molar-refractivity contribution in [2.45, 2.75) is 13.3 Å². The van der Waals surface area contributed by atoms with Crippen molar-refractivity contribution in [3.8, 4) is 0 Å². The van der Waals surface area contributed by atoms with Crippen molar-refractivity contribution in [1.29, 1.82) is 0 Å². The maximum absolute atomic E-state index is 12.4. The van der Waals surface area contributed by atoms with Gasteiger partial charge in [0.25, 0.3) is 0 Å². The van der Waals surface area contributed by atoms with Crippen molar-refractivity contribution in [2.24, 2.45) is 0 Å². The van der Waals surface area contributed by atoms with Gasteiger partial charge < -0.3 is 5.32 Å². The lowest BCUT2D eigenvalue weighted by molar-refractivity contribution is -0.115. The maximum Gasteiger partial charge on any atom is 0.250 e. The summed E-state index contributed by atoms with van der Waals surface area (Å²) < 4.78 is 1.09. The lowest BCUT2D eigenvalue weighted by atomic mass is 10.2. The highest BCUT2D eigenvalue weighted by Crippen LogP contribution is 2.24. The number of amides is 2. The molecule has 2 aromatic heterocycles. The molecule has 0 saturated carbocycles. The van der Waals surface area contributed by atoms with Crippen molar-refractivity contribution < 1.29 is 9.59 Å². The number of carbonyl (C=O) groups excluding carboxylic acids is 2. The normalized spacial score (nSPS) is 11.1. The number of hydrogen-bond acceptors (Lipinski definition) is 6. The van der Waals surface area contributed by atoms with E-state index in [1.54, 1.807) is 22.8 Å². The summed E-state index contributed by atoms with van der Waals surface area (Å²) in [7, 11) is 0. The fraction of sp³-hybridized carbons (Fsp3) is 0.0909. The largest absolute Gasteiger partial charge is 0.326 e. The summed E-state index contributed by atoms with van der Waals surface area (Å²) in [6.07, 6.45) is 3.32. The second kappa shape index (κ2) is 8.98. The molecule has 150 valence electrons. The molecule has 2 heterocycles. The Hall–Kier alpha value is -3.36. The van der Waals surface area contributed by atoms with Gasteiger partial charge >= 0.3 is 0 Å². The molecule has 8 heteroatoms. The molecule has 4 rings (SSSR count). The van der Waals surface area contributed by atoms with Crippen LogP contribution in [-0.4, -0.2) is 21.8 Å². The third-order valence-corrected chi connectivity index (χ3v) is 5.89. The smallest absolute Gasteiger partial charge is 0.250 e. The third kappa shape index (κ3) is 5.16. The molecule has 0 aliphatic heterocycles. The van der Waals surface area contributed by atoms with Gasteiger partial charge in [-0.2, -0.15) is 0 Å². The van der Waals surface area contributed by atoms with E-state index in [1.807, 2.05) is 55.5 Å². The fourth-order valence-corrected chi connectivity index (χ4v) is 4.34. The van der Waals surface area contributed by atoms with Crippen molar-refractivity contribution in [3.63, 3.8) is 0 Å². The van der Waals surface area contributed by atoms with E-state index in [0.29, 0.717) is 16.5 Å². The van der Waals surface area contributed by atoms with Crippen LogP contribution in [0.4, 0.5) is 10.8 Å². The topological polar surface area (TPSA) is 84.0 Å². The molecule has 0 atom stereocenters. The van der Waals surface area contributed by atoms with Crippen LogP contribution < -0.4 is 10.6 Å². The van der Waals surface area contributed by atoms with Gasteiger partial charge in [0.2, 0.25) is 11.8 Å². The van der Waals surface area contributed by atoms with Gasteiger partial charge in [-0.15, -0.1) is 22.7 Å². The fourth-order valence-electron chi connectivity index (χ4n) is 2.82. The van der Waals surface area contributed by atoms with Crippen LogP contribution in [0.3, 0.4) is 0 Å². The number of anilines is 2. The molecule has 0 saturated heterocycles. The summed E-state index contributed by atoms with van der Waals surface area (Å²) in [4.78, 5) is 33.2. The van der Waals surface area contributed by atoms with Crippen LogP contribution in [0.5, 0.6) is 0 Å². The molecule has 0 fully saturated rings. The number of carbonyl (C=O) groups is 2. The van der Waals surface area contributed by atoms with Gasteiger partial charge in [0.15, 0.2) is 5.13 Å². The first-order valence-electron chi connectivity index (χ1n) is 9.21. The van der Waals surface area contributed by atoms with E-state index in [2.05, 4.69) is 20.6 Å². The zero-order chi connectivity index (χ0) is 20.9. The summed E-state index contributed by atoms with van der Waals surface area (Å²) in [5.41, 5.74) is 3.12. The second-order valence-electron chi connectivity index (χ2n) is 6.52. The average molecular weight is 435 g/mol. The van der Waals surface area contributed by atoms with Crippen LogP contribution in [0.1, 0.15) is 16.3 Å². The zero-order valence-corrected chi connectivity index (χ0v) is 17.7. The van der Waals surface area contributed by atoms with Crippen LogP contribution in [-0.2, 0) is 16.0 Å². The van der Waals surface area contributed by atoms with Gasteiger partial charge in [0.1, 0.15) is 0 Å². The Bertz CT molecular complexity index is 1230. The van der Waals surface area contributed by atoms with E-state index in [4.69, 9.17) is 0 Å². The Morgan fingerprint density at radius 1 is 1.07 bits per heavy atom. The molecule has 0 radical (unpaired) electrons. The lowest BCUT2D eigenvalue weighted by Gasteiger charge is -2.03. The number of thiazole rings is 2. The number of hydrogen-bond donors (Lipinski definition) is 2. The standard InChI is InChI=1S/C22H18N4O2S2/c1-14-23-18-11-16(8-9-19(18)30-14)24-21(28)12-17-13-29-22(25-17)26-20(27)10-7-15-5-3-2-4-6-15/h2-11,13H,12H2,1H3,(H,24,28)(H,25,26,27)/b10-7+. The number of nitrogens with one attached hydrogen (secondary N) is 2. The number of benzene rings is 2. The molecule has 2 N–H and O–H groups in total. The summed E-state index contributed by atoms with van der Waals surface area (Å²) in [5, 5.41) is 8.81. The number of nitrogens with zero attached hydrogens (tertiary/aromatic N) is 2. The highest BCUT2D eigenvalue weighted by molar-refractivity contribution is 7.18. The van der Waals surface area contributed by atoms with E-state index in [9.17, 15) is 9.59 Å². The number of rotatable bonds is 6. The Labute approximate surface area is 181 Å². The van der Waals surface area contributed by atoms with Gasteiger partial charge in [-0.1, -0.05) is 30.3 Å². The first kappa shape index (κ1) is 19.9. The molecule has 0 unspecified atom stereocenters. The van der Waals surface area contributed by atoms with Gasteiger partial charge in [-0.3, -0.25) is 14.9 Å². The molecular weight excluding hydrogens is 416 g/mol. The van der Waals surface area contributed by atoms with Crippen LogP contribution in [0.25, 0.3) is 16.3 Å². The Morgan fingerprint density at radius 2 is 1.90 bits per heavy atom. The summed E-state index contributed by atoms with van der Waals surface area (Å²) in [5.74, 6) is -0.440. The third-order valence-electron chi connectivity index (χ3n) is 4.13. The zero-order valence-electron chi connectivity index (χ0n) is 16.1. The minimum atomic E-state index is -0.268. The van der Waals surface area contributed by atoms with Gasteiger partial charge in [0, 0.05) is 17.1 Å². The average Bonchev–Trinajstić information content (AvgIpc) is 3.31. The lowest BCUT2D eigenvalue weighted by Crippen LogP contribution is -2.14. The first-order valence-corrected chi connectivity index (χ1v) is 10.9. The van der Waals surface area contributed by atoms with E-state index >= 15 is 0 Å². The predicted octanol–water partition coefficient (Wildman–Crippen LogP) is 4.89. The molecule has 0 bridgehead atoms. The van der Waals surface area contributed by atoms with Crippen LogP contribution in [0.15, 0.2) is 60.0 Å². The van der Waals surface area contributed by atoms with E-state index < -0.39 is 0 Å². The second-order valence-corrected chi connectivity index (χ2v) is 8.61. The molecular formula is C22H18N4O2S2. The Morgan fingerprint density at radius 3 is 2.73 bits per heavy atom. The summed E-state index contributed by atoms with van der Waals surface area (Å²) in [6, 6.07) is 15.2. The highest BCUT2D eigenvalue weighted by Gasteiger charge is 2.10. The quantitative estimate of drug-likeness (QED) is 0.423. The molecule has 2 aromatic carbocycles. The van der Waals surface area contributed by atoms with Gasteiger partial charge in [0.05, 0.1) is 27.3 Å². The first-order chi connectivity index (χ1) is 14.5. The van der Waals surface area contributed by atoms with Crippen LogP contribution in [0, 0.1) is 6.92 Å². The molecule has 0 spiro atoms. The van der Waals surface area contributed by atoms with E-state index in [0.717, 1.165) is 20.8 Å². The van der Waals surface area contributed by atoms with Crippen LogP contribution in [0.2, 0.25) is 0 Å². The van der Waals surface area contributed by atoms with Crippen molar-refractivity contribution in [1.82, 2.24) is 9.97 Å². The van der Waals surface area contributed by atoms with Gasteiger partial charge in [-0.05, 0) is 36.8 Å². The highest BCUT2D eigenvalue weighted by atomic mass is 32.1. The minimum absolute atomic E-state index is 0.125. The molecule has 30 heavy (non-hydrogen) atoms. The number of aryl methyl sites for hydroxylation is 1. The predicted molar refractivity (Wildman–Crippen MR) is 123 cm³/mol.